The van der Waals surface area contributed by atoms with E-state index >= 15 is 0 Å². The van der Waals surface area contributed by atoms with Gasteiger partial charge in [0.2, 0.25) is 0 Å². The number of halogens is 6. The molecule has 0 spiro atoms. The van der Waals surface area contributed by atoms with Gasteiger partial charge in [-0.2, -0.15) is 26.3 Å². The highest BCUT2D eigenvalue weighted by Gasteiger charge is 2.43. The summed E-state index contributed by atoms with van der Waals surface area (Å²) in [7, 11) is 0. The molecule has 2 N–H and O–H groups in total. The minimum absolute atomic E-state index is 0.144. The van der Waals surface area contributed by atoms with Crippen LogP contribution in [0.25, 0.3) is 0 Å². The highest BCUT2D eigenvalue weighted by molar-refractivity contribution is 7.09. The van der Waals surface area contributed by atoms with Gasteiger partial charge in [-0.3, -0.25) is 9.88 Å². The van der Waals surface area contributed by atoms with E-state index in [0.29, 0.717) is 12.6 Å². The molecule has 4 rings (SSSR count). The lowest BCUT2D eigenvalue weighted by atomic mass is 10.1. The van der Waals surface area contributed by atoms with Gasteiger partial charge in [-0.25, -0.2) is 14.6 Å². The number of carboxylic acids is 2. The SMILES string of the molecule is O=C(O)C(F)(F)F.O=C(O)C(F)(F)F.c1cc(COC2C3CCC2N(Cc2nccs2)CCO3)ccn1. The second-order valence-electron chi connectivity index (χ2n) is 7.69. The smallest absolute Gasteiger partial charge is 0.475 e. The molecule has 2 aliphatic rings. The Morgan fingerprint density at radius 3 is 2.16 bits per heavy atom. The first-order valence-electron chi connectivity index (χ1n) is 10.6. The van der Waals surface area contributed by atoms with Gasteiger partial charge in [-0.15, -0.1) is 11.3 Å². The summed E-state index contributed by atoms with van der Waals surface area (Å²) in [6, 6.07) is 4.44. The van der Waals surface area contributed by atoms with Crippen LogP contribution in [0.1, 0.15) is 23.4 Å². The molecular weight excluding hydrogens is 536 g/mol. The van der Waals surface area contributed by atoms with Gasteiger partial charge in [-0.1, -0.05) is 0 Å². The second-order valence-corrected chi connectivity index (χ2v) is 8.67. The highest BCUT2D eigenvalue weighted by atomic mass is 32.1. The zero-order valence-electron chi connectivity index (χ0n) is 19.0. The summed E-state index contributed by atoms with van der Waals surface area (Å²) in [5.74, 6) is -5.51. The molecule has 3 unspecified atom stereocenters. The molecule has 0 radical (unpaired) electrons. The number of hydrogen-bond donors (Lipinski definition) is 2. The Labute approximate surface area is 210 Å². The Morgan fingerprint density at radius 1 is 1.05 bits per heavy atom. The maximum atomic E-state index is 10.6. The number of rotatable bonds is 5. The minimum Gasteiger partial charge on any atom is -0.475 e. The van der Waals surface area contributed by atoms with Crippen LogP contribution in [0.5, 0.6) is 0 Å². The summed E-state index contributed by atoms with van der Waals surface area (Å²) in [6.45, 7) is 3.25. The largest absolute Gasteiger partial charge is 0.490 e. The number of hydrogen-bond acceptors (Lipinski definition) is 8. The van der Waals surface area contributed by atoms with Crippen molar-refractivity contribution in [3.8, 4) is 0 Å². The number of fused-ring (bicyclic) bond motifs is 2. The quantitative estimate of drug-likeness (QED) is 0.528. The fourth-order valence-electron chi connectivity index (χ4n) is 3.56. The van der Waals surface area contributed by atoms with Crippen molar-refractivity contribution in [2.24, 2.45) is 0 Å². The van der Waals surface area contributed by atoms with Crippen molar-refractivity contribution in [3.63, 3.8) is 0 Å². The fourth-order valence-corrected chi connectivity index (χ4v) is 4.20. The Hall–Kier alpha value is -2.82. The number of aromatic nitrogens is 2. The number of thiazole rings is 1. The van der Waals surface area contributed by atoms with Crippen molar-refractivity contribution in [1.82, 2.24) is 14.9 Å². The molecule has 1 saturated heterocycles. The van der Waals surface area contributed by atoms with E-state index in [0.717, 1.165) is 38.1 Å². The normalized spacial score (nSPS) is 21.6. The lowest BCUT2D eigenvalue weighted by molar-refractivity contribution is -0.193. The fraction of sp³-hybridized carbons (Fsp3) is 0.524. The molecule has 16 heteroatoms. The van der Waals surface area contributed by atoms with Gasteiger partial charge in [-0.05, 0) is 30.5 Å². The number of carbonyl (C=O) groups is 2. The van der Waals surface area contributed by atoms with Crippen LogP contribution >= 0.6 is 11.3 Å². The van der Waals surface area contributed by atoms with Crippen LogP contribution in [0.4, 0.5) is 26.3 Å². The van der Waals surface area contributed by atoms with E-state index in [1.165, 1.54) is 5.01 Å². The molecule has 37 heavy (non-hydrogen) atoms. The number of ether oxygens (including phenoxy) is 2. The second kappa shape index (κ2) is 13.6. The van der Waals surface area contributed by atoms with Gasteiger partial charge in [0.05, 0.1) is 32.0 Å². The maximum absolute atomic E-state index is 10.6. The van der Waals surface area contributed by atoms with E-state index in [9.17, 15) is 26.3 Å². The van der Waals surface area contributed by atoms with Crippen molar-refractivity contribution < 1.29 is 55.6 Å². The number of nitrogens with zero attached hydrogens (tertiary/aromatic N) is 3. The van der Waals surface area contributed by atoms with Crippen LogP contribution in [0.2, 0.25) is 0 Å². The topological polar surface area (TPSA) is 122 Å². The number of aliphatic carboxylic acids is 2. The van der Waals surface area contributed by atoms with Crippen LogP contribution in [-0.4, -0.2) is 80.8 Å². The molecule has 0 aromatic carbocycles. The van der Waals surface area contributed by atoms with Crippen LogP contribution in [0.15, 0.2) is 36.1 Å². The van der Waals surface area contributed by atoms with Gasteiger partial charge < -0.3 is 19.7 Å². The van der Waals surface area contributed by atoms with Crippen molar-refractivity contribution in [2.75, 3.05) is 13.2 Å². The highest BCUT2D eigenvalue weighted by Crippen LogP contribution is 2.33. The Bertz CT molecular complexity index is 953. The molecule has 0 amide bonds. The van der Waals surface area contributed by atoms with Gasteiger partial charge in [0, 0.05) is 36.6 Å². The number of alkyl halides is 6. The molecule has 3 heterocycles. The summed E-state index contributed by atoms with van der Waals surface area (Å²) >= 11 is 1.72. The molecule has 2 aromatic heterocycles. The monoisotopic (exact) mass is 559 g/mol. The molecule has 9 nitrogen and oxygen atoms in total. The molecule has 1 aliphatic carbocycles. The summed E-state index contributed by atoms with van der Waals surface area (Å²) in [5.41, 5.74) is 1.16. The first-order chi connectivity index (χ1) is 17.3. The Kier molecular flexibility index (Phi) is 11.2. The first kappa shape index (κ1) is 30.4. The standard InChI is InChI=1S/C17H21N3O2S.2C2HF3O2/c1-2-15-17(22-12-13-3-5-18-6-4-13)14(1)20(8-9-21-15)11-16-19-7-10-23-16;2*3-2(4,5)1(6)7/h3-7,10,14-15,17H,1-2,8-9,11-12H2;2*(H,6,7). The molecule has 2 fully saturated rings. The van der Waals surface area contributed by atoms with Gasteiger partial charge in [0.1, 0.15) is 5.01 Å². The Balaban J connectivity index is 0.000000286. The van der Waals surface area contributed by atoms with E-state index in [-0.39, 0.29) is 12.2 Å². The molecule has 206 valence electrons. The summed E-state index contributed by atoms with van der Waals surface area (Å²) in [4.78, 5) is 28.8. The average molecular weight is 559 g/mol. The average Bonchev–Trinajstić information content (AvgIpc) is 3.42. The zero-order chi connectivity index (χ0) is 27.6. The molecule has 2 bridgehead atoms. The van der Waals surface area contributed by atoms with Crippen molar-refractivity contribution in [3.05, 3.63) is 46.7 Å². The van der Waals surface area contributed by atoms with E-state index in [2.05, 4.69) is 14.9 Å². The third kappa shape index (κ3) is 10.2. The van der Waals surface area contributed by atoms with E-state index in [4.69, 9.17) is 29.3 Å². The zero-order valence-corrected chi connectivity index (χ0v) is 19.8. The first-order valence-corrected chi connectivity index (χ1v) is 11.5. The molecule has 2 aromatic rings. The third-order valence-electron chi connectivity index (χ3n) is 5.17. The van der Waals surface area contributed by atoms with Crippen LogP contribution in [0.3, 0.4) is 0 Å². The van der Waals surface area contributed by atoms with E-state index in [1.807, 2.05) is 36.1 Å². The molecular formula is C21H23F6N3O6S. The molecule has 1 saturated carbocycles. The minimum atomic E-state index is -5.08. The summed E-state index contributed by atoms with van der Waals surface area (Å²) in [5, 5.41) is 17.5. The number of pyridine rings is 1. The third-order valence-corrected chi connectivity index (χ3v) is 5.94. The lowest BCUT2D eigenvalue weighted by Gasteiger charge is -2.30. The number of carboxylic acid groups (broad SMARTS) is 2. The van der Waals surface area contributed by atoms with Crippen LogP contribution < -0.4 is 0 Å². The van der Waals surface area contributed by atoms with Gasteiger partial charge in [0.25, 0.3) is 0 Å². The lowest BCUT2D eigenvalue weighted by Crippen LogP contribution is -2.42. The molecule has 1 aliphatic heterocycles. The van der Waals surface area contributed by atoms with Gasteiger partial charge >= 0.3 is 24.3 Å². The molecule has 3 atom stereocenters. The maximum Gasteiger partial charge on any atom is 0.490 e. The predicted molar refractivity (Wildman–Crippen MR) is 115 cm³/mol. The van der Waals surface area contributed by atoms with Crippen molar-refractivity contribution in [2.45, 2.75) is 56.6 Å². The van der Waals surface area contributed by atoms with Gasteiger partial charge in [0.15, 0.2) is 0 Å². The summed E-state index contributed by atoms with van der Waals surface area (Å²) < 4.78 is 75.8. The Morgan fingerprint density at radius 2 is 1.65 bits per heavy atom. The summed E-state index contributed by atoms with van der Waals surface area (Å²) in [6.07, 6.45) is -2.08. The van der Waals surface area contributed by atoms with E-state index in [1.54, 1.807) is 11.3 Å². The van der Waals surface area contributed by atoms with Crippen LogP contribution in [-0.2, 0) is 32.2 Å². The van der Waals surface area contributed by atoms with Crippen molar-refractivity contribution >= 4 is 23.3 Å². The van der Waals surface area contributed by atoms with Crippen LogP contribution in [0, 0.1) is 0 Å². The predicted octanol–water partition coefficient (Wildman–Crippen LogP) is 3.75. The van der Waals surface area contributed by atoms with E-state index < -0.39 is 24.3 Å². The van der Waals surface area contributed by atoms with Crippen molar-refractivity contribution in [1.29, 1.82) is 0 Å².